The lowest BCUT2D eigenvalue weighted by Gasteiger charge is -2.07. The monoisotopic (exact) mass is 317 g/mol. The average molecular weight is 317 g/mol. The molecule has 3 N–H and O–H groups in total. The number of hydrogen-bond acceptors (Lipinski definition) is 3. The van der Waals surface area contributed by atoms with Crippen molar-refractivity contribution in [2.24, 2.45) is 0 Å². The van der Waals surface area contributed by atoms with Gasteiger partial charge in [0.25, 0.3) is 5.91 Å². The largest absolute Gasteiger partial charge is 0.384 e. The van der Waals surface area contributed by atoms with Crippen LogP contribution in [0.2, 0.25) is 0 Å². The third-order valence-electron chi connectivity index (χ3n) is 3.76. The molecular formula is C20H19N3O. The SMILES string of the molecule is Nc1cccc(-c2ccc(C(=O)NCCc3ccccc3)cc2)n1. The zero-order chi connectivity index (χ0) is 16.8. The quantitative estimate of drug-likeness (QED) is 0.758. The second-order valence-electron chi connectivity index (χ2n) is 5.52. The van der Waals surface area contributed by atoms with Crippen LogP contribution in [0.3, 0.4) is 0 Å². The molecule has 0 fully saturated rings. The van der Waals surface area contributed by atoms with Crippen molar-refractivity contribution in [1.29, 1.82) is 0 Å². The lowest BCUT2D eigenvalue weighted by atomic mass is 10.1. The van der Waals surface area contributed by atoms with Crippen LogP contribution in [0.15, 0.2) is 72.8 Å². The first kappa shape index (κ1) is 15.7. The molecule has 1 heterocycles. The molecule has 24 heavy (non-hydrogen) atoms. The second kappa shape index (κ2) is 7.42. The summed E-state index contributed by atoms with van der Waals surface area (Å²) in [5, 5.41) is 2.94. The number of nitrogens with two attached hydrogens (primary N) is 1. The number of hydrogen-bond donors (Lipinski definition) is 2. The maximum atomic E-state index is 12.2. The minimum Gasteiger partial charge on any atom is -0.384 e. The van der Waals surface area contributed by atoms with Crippen molar-refractivity contribution in [3.8, 4) is 11.3 Å². The molecule has 1 aromatic heterocycles. The highest BCUT2D eigenvalue weighted by Crippen LogP contribution is 2.18. The van der Waals surface area contributed by atoms with E-state index in [1.807, 2.05) is 42.5 Å². The molecule has 0 saturated carbocycles. The fourth-order valence-corrected chi connectivity index (χ4v) is 2.47. The predicted molar refractivity (Wildman–Crippen MR) is 96.6 cm³/mol. The highest BCUT2D eigenvalue weighted by Gasteiger charge is 2.06. The van der Waals surface area contributed by atoms with Gasteiger partial charge in [-0.15, -0.1) is 0 Å². The highest BCUT2D eigenvalue weighted by atomic mass is 16.1. The number of benzene rings is 2. The number of aromatic nitrogens is 1. The maximum absolute atomic E-state index is 12.2. The van der Waals surface area contributed by atoms with Crippen LogP contribution in [0.25, 0.3) is 11.3 Å². The third kappa shape index (κ3) is 3.98. The van der Waals surface area contributed by atoms with Gasteiger partial charge in [-0.2, -0.15) is 0 Å². The Hall–Kier alpha value is -3.14. The zero-order valence-corrected chi connectivity index (χ0v) is 13.3. The summed E-state index contributed by atoms with van der Waals surface area (Å²) in [6.07, 6.45) is 0.817. The van der Waals surface area contributed by atoms with Gasteiger partial charge in [0, 0.05) is 17.7 Å². The van der Waals surface area contributed by atoms with E-state index < -0.39 is 0 Å². The Bertz CT molecular complexity index is 814. The van der Waals surface area contributed by atoms with Crippen LogP contribution in [-0.4, -0.2) is 17.4 Å². The van der Waals surface area contributed by atoms with Gasteiger partial charge in [0.2, 0.25) is 0 Å². The van der Waals surface area contributed by atoms with Gasteiger partial charge in [0.15, 0.2) is 0 Å². The molecule has 4 nitrogen and oxygen atoms in total. The number of rotatable bonds is 5. The Morgan fingerprint density at radius 3 is 2.38 bits per heavy atom. The molecule has 3 rings (SSSR count). The van der Waals surface area contributed by atoms with Crippen molar-refractivity contribution in [3.05, 3.63) is 83.9 Å². The predicted octanol–water partition coefficient (Wildman–Crippen LogP) is 3.30. The van der Waals surface area contributed by atoms with E-state index in [2.05, 4.69) is 22.4 Å². The molecule has 0 atom stereocenters. The van der Waals surface area contributed by atoms with Gasteiger partial charge in [-0.3, -0.25) is 4.79 Å². The molecular weight excluding hydrogens is 298 g/mol. The van der Waals surface area contributed by atoms with E-state index in [0.717, 1.165) is 17.7 Å². The van der Waals surface area contributed by atoms with Gasteiger partial charge in [0.1, 0.15) is 5.82 Å². The van der Waals surface area contributed by atoms with Gasteiger partial charge in [-0.25, -0.2) is 4.98 Å². The van der Waals surface area contributed by atoms with E-state index in [-0.39, 0.29) is 5.91 Å². The zero-order valence-electron chi connectivity index (χ0n) is 13.3. The molecule has 0 spiro atoms. The molecule has 4 heteroatoms. The van der Waals surface area contributed by atoms with E-state index >= 15 is 0 Å². The van der Waals surface area contributed by atoms with Crippen molar-refractivity contribution >= 4 is 11.7 Å². The van der Waals surface area contributed by atoms with E-state index in [4.69, 9.17) is 5.73 Å². The van der Waals surface area contributed by atoms with Gasteiger partial charge in [-0.1, -0.05) is 48.5 Å². The van der Waals surface area contributed by atoms with Crippen LogP contribution in [0.1, 0.15) is 15.9 Å². The van der Waals surface area contributed by atoms with Crippen LogP contribution < -0.4 is 11.1 Å². The molecule has 0 bridgehead atoms. The van der Waals surface area contributed by atoms with E-state index in [0.29, 0.717) is 17.9 Å². The Balaban J connectivity index is 1.59. The summed E-state index contributed by atoms with van der Waals surface area (Å²) in [5.41, 5.74) is 9.28. The summed E-state index contributed by atoms with van der Waals surface area (Å²) in [6.45, 7) is 0.612. The standard InChI is InChI=1S/C20H19N3O/c21-19-8-4-7-18(23-19)16-9-11-17(12-10-16)20(24)22-14-13-15-5-2-1-3-6-15/h1-12H,13-14H2,(H2,21,23)(H,22,24). The third-order valence-corrected chi connectivity index (χ3v) is 3.76. The lowest BCUT2D eigenvalue weighted by Crippen LogP contribution is -2.25. The normalized spacial score (nSPS) is 10.3. The Morgan fingerprint density at radius 1 is 0.917 bits per heavy atom. The van der Waals surface area contributed by atoms with Gasteiger partial charge in [0.05, 0.1) is 5.69 Å². The molecule has 0 aliphatic rings. The number of anilines is 1. The van der Waals surface area contributed by atoms with Crippen LogP contribution in [0.5, 0.6) is 0 Å². The Kier molecular flexibility index (Phi) is 4.87. The Labute approximate surface area is 141 Å². The fourth-order valence-electron chi connectivity index (χ4n) is 2.47. The second-order valence-corrected chi connectivity index (χ2v) is 5.52. The van der Waals surface area contributed by atoms with Gasteiger partial charge >= 0.3 is 0 Å². The first-order valence-electron chi connectivity index (χ1n) is 7.87. The topological polar surface area (TPSA) is 68.0 Å². The van der Waals surface area contributed by atoms with Crippen molar-refractivity contribution < 1.29 is 4.79 Å². The minimum atomic E-state index is -0.0713. The van der Waals surface area contributed by atoms with Gasteiger partial charge in [-0.05, 0) is 36.2 Å². The molecule has 3 aromatic rings. The molecule has 0 radical (unpaired) electrons. The molecule has 2 aromatic carbocycles. The highest BCUT2D eigenvalue weighted by molar-refractivity contribution is 5.94. The lowest BCUT2D eigenvalue weighted by molar-refractivity contribution is 0.0954. The van der Waals surface area contributed by atoms with Crippen LogP contribution in [0.4, 0.5) is 5.82 Å². The summed E-state index contributed by atoms with van der Waals surface area (Å²) >= 11 is 0. The first-order valence-corrected chi connectivity index (χ1v) is 7.87. The molecule has 1 amide bonds. The molecule has 0 aliphatic heterocycles. The number of nitrogens with one attached hydrogen (secondary N) is 1. The Morgan fingerprint density at radius 2 is 1.67 bits per heavy atom. The number of carbonyl (C=O) groups excluding carboxylic acids is 1. The minimum absolute atomic E-state index is 0.0713. The van der Waals surface area contributed by atoms with Crippen LogP contribution in [-0.2, 0) is 6.42 Å². The first-order chi connectivity index (χ1) is 11.7. The molecule has 0 unspecified atom stereocenters. The van der Waals surface area contributed by atoms with E-state index in [1.165, 1.54) is 5.56 Å². The van der Waals surface area contributed by atoms with E-state index in [9.17, 15) is 4.79 Å². The summed E-state index contributed by atoms with van der Waals surface area (Å²) in [5.74, 6) is 0.410. The van der Waals surface area contributed by atoms with Gasteiger partial charge < -0.3 is 11.1 Å². The fraction of sp³-hybridized carbons (Fsp3) is 0.100. The summed E-state index contributed by atoms with van der Waals surface area (Å²) in [6, 6.07) is 23.0. The van der Waals surface area contributed by atoms with Crippen molar-refractivity contribution in [2.45, 2.75) is 6.42 Å². The maximum Gasteiger partial charge on any atom is 0.251 e. The number of amides is 1. The summed E-state index contributed by atoms with van der Waals surface area (Å²) in [4.78, 5) is 16.5. The average Bonchev–Trinajstić information content (AvgIpc) is 2.63. The number of nitrogens with zero attached hydrogens (tertiary/aromatic N) is 1. The molecule has 0 aliphatic carbocycles. The van der Waals surface area contributed by atoms with Crippen molar-refractivity contribution in [2.75, 3.05) is 12.3 Å². The number of carbonyl (C=O) groups is 1. The molecule has 120 valence electrons. The summed E-state index contributed by atoms with van der Waals surface area (Å²) < 4.78 is 0. The van der Waals surface area contributed by atoms with Crippen LogP contribution >= 0.6 is 0 Å². The van der Waals surface area contributed by atoms with Crippen molar-refractivity contribution in [1.82, 2.24) is 10.3 Å². The number of nitrogen functional groups attached to an aromatic ring is 1. The summed E-state index contributed by atoms with van der Waals surface area (Å²) in [7, 11) is 0. The van der Waals surface area contributed by atoms with Crippen molar-refractivity contribution in [3.63, 3.8) is 0 Å². The number of pyridine rings is 1. The van der Waals surface area contributed by atoms with E-state index in [1.54, 1.807) is 18.2 Å². The smallest absolute Gasteiger partial charge is 0.251 e. The molecule has 0 saturated heterocycles. The van der Waals surface area contributed by atoms with Crippen LogP contribution in [0, 0.1) is 0 Å².